The van der Waals surface area contributed by atoms with Gasteiger partial charge in [-0.25, -0.2) is 0 Å². The molecule has 3 N–H and O–H groups in total. The van der Waals surface area contributed by atoms with E-state index in [1.807, 2.05) is 66.4 Å². The Morgan fingerprint density at radius 2 is 1.82 bits per heavy atom. The zero-order chi connectivity index (χ0) is 24.0. The zero-order valence-corrected chi connectivity index (χ0v) is 21.0. The fourth-order valence-electron chi connectivity index (χ4n) is 4.99. The summed E-state index contributed by atoms with van der Waals surface area (Å²) < 4.78 is 0.970. The molecule has 3 heterocycles. The van der Waals surface area contributed by atoms with Gasteiger partial charge in [-0.1, -0.05) is 40.2 Å². The third-order valence-corrected chi connectivity index (χ3v) is 6.80. The number of carbonyl (C=O) groups excluding carboxylic acids is 2. The summed E-state index contributed by atoms with van der Waals surface area (Å²) in [5, 5.41) is 6.45. The molecule has 0 spiro atoms. The number of aryl methyl sites for hydroxylation is 1. The van der Waals surface area contributed by atoms with Crippen LogP contribution in [0.4, 0.5) is 5.69 Å². The van der Waals surface area contributed by atoms with Gasteiger partial charge in [0.1, 0.15) is 0 Å². The number of benzene rings is 2. The van der Waals surface area contributed by atoms with Gasteiger partial charge in [-0.05, 0) is 62.2 Å². The average Bonchev–Trinajstić information content (AvgIpc) is 3.31. The minimum atomic E-state index is -0.174. The predicted octanol–water partition coefficient (Wildman–Crippen LogP) is 5.07. The molecular formula is C27H27BrN4O2. The summed E-state index contributed by atoms with van der Waals surface area (Å²) in [6.07, 6.45) is 1.82. The summed E-state index contributed by atoms with van der Waals surface area (Å²) in [5.41, 5.74) is 6.26. The Balaban J connectivity index is 1.58. The number of aromatic nitrogens is 1. The Hall–Kier alpha value is -3.16. The zero-order valence-electron chi connectivity index (χ0n) is 19.4. The molecule has 2 aliphatic heterocycles. The number of anilines is 1. The number of rotatable bonds is 3. The molecule has 1 fully saturated rings. The molecule has 2 amide bonds. The highest BCUT2D eigenvalue weighted by molar-refractivity contribution is 9.10. The van der Waals surface area contributed by atoms with Gasteiger partial charge >= 0.3 is 0 Å². The molecule has 0 saturated carbocycles. The number of piperazine rings is 1. The highest BCUT2D eigenvalue weighted by Gasteiger charge is 2.30. The SMILES string of the molecule is Cc1cc(C(=O)N2C[C@@H](C)N[C@@H](C)C2)c(/C=C2\C(=O)Nc3cccc(-c4cccc(Br)c4)c32)[nH]1. The number of carbonyl (C=O) groups is 2. The van der Waals surface area contributed by atoms with Crippen LogP contribution in [-0.2, 0) is 4.79 Å². The summed E-state index contributed by atoms with van der Waals surface area (Å²) in [6.45, 7) is 7.41. The van der Waals surface area contributed by atoms with Gasteiger partial charge in [0.05, 0.1) is 16.8 Å². The topological polar surface area (TPSA) is 77.2 Å². The van der Waals surface area contributed by atoms with Gasteiger partial charge in [0.2, 0.25) is 0 Å². The smallest absolute Gasteiger partial charge is 0.256 e. The maximum atomic E-state index is 13.5. The first-order chi connectivity index (χ1) is 16.3. The van der Waals surface area contributed by atoms with Gasteiger partial charge in [0.15, 0.2) is 0 Å². The van der Waals surface area contributed by atoms with Crippen molar-refractivity contribution in [3.63, 3.8) is 0 Å². The van der Waals surface area contributed by atoms with E-state index in [2.05, 4.69) is 45.4 Å². The third-order valence-electron chi connectivity index (χ3n) is 6.31. The number of aromatic amines is 1. The number of hydrogen-bond donors (Lipinski definition) is 3. The number of hydrogen-bond acceptors (Lipinski definition) is 3. The first-order valence-electron chi connectivity index (χ1n) is 11.5. The number of halogens is 1. The van der Waals surface area contributed by atoms with E-state index in [0.29, 0.717) is 29.9 Å². The van der Waals surface area contributed by atoms with Gasteiger partial charge in [0.25, 0.3) is 11.8 Å². The minimum absolute atomic E-state index is 0.0182. The molecule has 1 saturated heterocycles. The van der Waals surface area contributed by atoms with E-state index in [-0.39, 0.29) is 23.9 Å². The van der Waals surface area contributed by atoms with E-state index in [1.54, 1.807) is 0 Å². The predicted molar refractivity (Wildman–Crippen MR) is 140 cm³/mol. The molecule has 7 heteroatoms. The van der Waals surface area contributed by atoms with Crippen molar-refractivity contribution in [2.24, 2.45) is 0 Å². The molecule has 2 atom stereocenters. The van der Waals surface area contributed by atoms with Crippen LogP contribution in [0.25, 0.3) is 22.8 Å². The summed E-state index contributed by atoms with van der Waals surface area (Å²) in [5.74, 6) is -0.192. The van der Waals surface area contributed by atoms with Crippen LogP contribution in [0.5, 0.6) is 0 Å². The van der Waals surface area contributed by atoms with Crippen LogP contribution in [0.15, 0.2) is 53.0 Å². The molecule has 1 aromatic heterocycles. The molecule has 0 unspecified atom stereocenters. The molecule has 2 aliphatic rings. The Labute approximate surface area is 207 Å². The molecule has 3 aromatic rings. The van der Waals surface area contributed by atoms with E-state index < -0.39 is 0 Å². The molecule has 0 bridgehead atoms. The summed E-state index contributed by atoms with van der Waals surface area (Å²) >= 11 is 3.55. The normalized spacial score (nSPS) is 21.0. The van der Waals surface area contributed by atoms with Crippen molar-refractivity contribution in [2.75, 3.05) is 18.4 Å². The second-order valence-electron chi connectivity index (χ2n) is 9.21. The summed E-state index contributed by atoms with van der Waals surface area (Å²) in [7, 11) is 0. The fourth-order valence-corrected chi connectivity index (χ4v) is 5.39. The second-order valence-corrected chi connectivity index (χ2v) is 10.1. The Morgan fingerprint density at radius 1 is 1.09 bits per heavy atom. The number of fused-ring (bicyclic) bond motifs is 1. The fraction of sp³-hybridized carbons (Fsp3) is 0.259. The Morgan fingerprint density at radius 3 is 2.56 bits per heavy atom. The summed E-state index contributed by atoms with van der Waals surface area (Å²) in [4.78, 5) is 31.8. The molecule has 6 nitrogen and oxygen atoms in total. The van der Waals surface area contributed by atoms with Gasteiger partial charge < -0.3 is 20.5 Å². The van der Waals surface area contributed by atoms with E-state index in [4.69, 9.17) is 0 Å². The van der Waals surface area contributed by atoms with Gasteiger partial charge in [-0.15, -0.1) is 0 Å². The molecule has 174 valence electrons. The standard InChI is InChI=1S/C27H27BrN4O2/c1-15-10-21(27(34)32-13-16(2)29-17(3)14-32)24(30-15)12-22-25-20(18-6-4-7-19(28)11-18)8-5-9-23(25)31-26(22)33/h4-12,16-17,29-30H,13-14H2,1-3H3,(H,31,33)/b22-12-/t16-,17+. The van der Waals surface area contributed by atoms with Crippen molar-refractivity contribution in [1.82, 2.24) is 15.2 Å². The lowest BCUT2D eigenvalue weighted by atomic mass is 9.94. The maximum Gasteiger partial charge on any atom is 0.256 e. The third kappa shape index (κ3) is 4.21. The monoisotopic (exact) mass is 518 g/mol. The van der Waals surface area contributed by atoms with Gasteiger partial charge in [-0.2, -0.15) is 0 Å². The number of nitrogens with zero attached hydrogens (tertiary/aromatic N) is 1. The van der Waals surface area contributed by atoms with Crippen LogP contribution < -0.4 is 10.6 Å². The largest absolute Gasteiger partial charge is 0.358 e. The van der Waals surface area contributed by atoms with E-state index in [9.17, 15) is 9.59 Å². The van der Waals surface area contributed by atoms with Crippen molar-refractivity contribution >= 4 is 45.1 Å². The van der Waals surface area contributed by atoms with Crippen LogP contribution in [0, 0.1) is 6.92 Å². The number of H-pyrrole nitrogens is 1. The first-order valence-corrected chi connectivity index (χ1v) is 12.3. The lowest BCUT2D eigenvalue weighted by Gasteiger charge is -2.36. The molecule has 34 heavy (non-hydrogen) atoms. The Bertz CT molecular complexity index is 1320. The van der Waals surface area contributed by atoms with Crippen molar-refractivity contribution in [2.45, 2.75) is 32.9 Å². The highest BCUT2D eigenvalue weighted by atomic mass is 79.9. The van der Waals surface area contributed by atoms with Crippen LogP contribution >= 0.6 is 15.9 Å². The van der Waals surface area contributed by atoms with Crippen molar-refractivity contribution in [3.05, 3.63) is 75.5 Å². The lowest BCUT2D eigenvalue weighted by molar-refractivity contribution is -0.110. The molecular weight excluding hydrogens is 492 g/mol. The molecule has 5 rings (SSSR count). The second kappa shape index (κ2) is 8.89. The van der Waals surface area contributed by atoms with E-state index in [0.717, 1.165) is 32.5 Å². The van der Waals surface area contributed by atoms with Crippen LogP contribution in [0.2, 0.25) is 0 Å². The van der Waals surface area contributed by atoms with Crippen LogP contribution in [0.1, 0.15) is 41.2 Å². The first kappa shape index (κ1) is 22.6. The molecule has 2 aromatic carbocycles. The maximum absolute atomic E-state index is 13.5. The average molecular weight is 519 g/mol. The van der Waals surface area contributed by atoms with Gasteiger partial charge in [0, 0.05) is 46.6 Å². The van der Waals surface area contributed by atoms with E-state index >= 15 is 0 Å². The van der Waals surface area contributed by atoms with Crippen LogP contribution in [-0.4, -0.2) is 46.9 Å². The van der Waals surface area contributed by atoms with Crippen molar-refractivity contribution in [3.8, 4) is 11.1 Å². The van der Waals surface area contributed by atoms with Crippen molar-refractivity contribution in [1.29, 1.82) is 0 Å². The lowest BCUT2D eigenvalue weighted by Crippen LogP contribution is -2.55. The van der Waals surface area contributed by atoms with Crippen LogP contribution in [0.3, 0.4) is 0 Å². The van der Waals surface area contributed by atoms with Crippen molar-refractivity contribution < 1.29 is 9.59 Å². The number of nitrogens with one attached hydrogen (secondary N) is 3. The number of amides is 2. The Kier molecular flexibility index (Phi) is 5.91. The quantitative estimate of drug-likeness (QED) is 0.423. The van der Waals surface area contributed by atoms with Gasteiger partial charge in [-0.3, -0.25) is 9.59 Å². The highest BCUT2D eigenvalue weighted by Crippen LogP contribution is 2.41. The summed E-state index contributed by atoms with van der Waals surface area (Å²) in [6, 6.07) is 16.2. The molecule has 0 radical (unpaired) electrons. The molecule has 0 aliphatic carbocycles. The van der Waals surface area contributed by atoms with E-state index in [1.165, 1.54) is 0 Å². The minimum Gasteiger partial charge on any atom is -0.358 e.